The molecule has 0 N–H and O–H groups in total. The maximum atomic E-state index is 2.08. The first-order chi connectivity index (χ1) is 3.39. The molecule has 0 fully saturated rings. The molecule has 0 radical (unpaired) electrons. The molecule has 1 aromatic rings. The molecular formula is C7H11Cl3Ru. The third kappa shape index (κ3) is 10.7. The molecule has 0 aliphatic carbocycles. The van der Waals surface area contributed by atoms with Gasteiger partial charge in [0.1, 0.15) is 0 Å². The van der Waals surface area contributed by atoms with E-state index in [1.165, 1.54) is 5.56 Å². The van der Waals surface area contributed by atoms with Crippen LogP contribution in [-0.4, -0.2) is 0 Å². The van der Waals surface area contributed by atoms with Crippen LogP contribution in [0.5, 0.6) is 0 Å². The van der Waals surface area contributed by atoms with Crippen LogP contribution in [0.2, 0.25) is 0 Å². The van der Waals surface area contributed by atoms with Crippen molar-refractivity contribution in [2.45, 2.75) is 6.92 Å². The molecule has 68 valence electrons. The molecule has 0 nitrogen and oxygen atoms in total. The molecule has 0 unspecified atom stereocenters. The first-order valence-electron chi connectivity index (χ1n) is 2.41. The van der Waals surface area contributed by atoms with Crippen molar-refractivity contribution in [2.75, 3.05) is 0 Å². The molecule has 1 rings (SSSR count). The van der Waals surface area contributed by atoms with Gasteiger partial charge in [-0.1, -0.05) is 35.9 Å². The first kappa shape index (κ1) is 22.6. The van der Waals surface area contributed by atoms with Gasteiger partial charge in [0.25, 0.3) is 0 Å². The summed E-state index contributed by atoms with van der Waals surface area (Å²) in [4.78, 5) is 0. The normalized spacial score (nSPS) is 5.55. The minimum absolute atomic E-state index is 0. The second-order valence-corrected chi connectivity index (χ2v) is 1.65. The molecule has 0 saturated heterocycles. The van der Waals surface area contributed by atoms with E-state index in [9.17, 15) is 0 Å². The van der Waals surface area contributed by atoms with E-state index in [-0.39, 0.29) is 56.7 Å². The van der Waals surface area contributed by atoms with Crippen LogP contribution in [0, 0.1) is 6.92 Å². The van der Waals surface area contributed by atoms with Gasteiger partial charge in [0.05, 0.1) is 0 Å². The summed E-state index contributed by atoms with van der Waals surface area (Å²) in [7, 11) is 0. The molecule has 0 bridgehead atoms. The van der Waals surface area contributed by atoms with E-state index in [0.717, 1.165) is 0 Å². The number of halogens is 3. The minimum Gasteiger partial charge on any atom is -0.147 e. The zero-order chi connectivity index (χ0) is 5.11. The maximum Gasteiger partial charge on any atom is 0 e. The second kappa shape index (κ2) is 13.3. The van der Waals surface area contributed by atoms with Gasteiger partial charge in [-0.05, 0) is 6.92 Å². The van der Waals surface area contributed by atoms with Crippen LogP contribution >= 0.6 is 37.2 Å². The van der Waals surface area contributed by atoms with E-state index in [1.807, 2.05) is 18.2 Å². The Morgan fingerprint density at radius 3 is 1.36 bits per heavy atom. The molecule has 0 aromatic heterocycles. The van der Waals surface area contributed by atoms with Gasteiger partial charge in [-0.3, -0.25) is 0 Å². The summed E-state index contributed by atoms with van der Waals surface area (Å²) < 4.78 is 0. The van der Waals surface area contributed by atoms with E-state index in [0.29, 0.717) is 0 Å². The molecule has 1 aromatic carbocycles. The van der Waals surface area contributed by atoms with Crippen molar-refractivity contribution >= 4 is 37.2 Å². The molecule has 0 aliphatic rings. The van der Waals surface area contributed by atoms with Crippen LogP contribution in [0.3, 0.4) is 0 Å². The molecule has 4 heteroatoms. The molecule has 11 heavy (non-hydrogen) atoms. The summed E-state index contributed by atoms with van der Waals surface area (Å²) in [5.41, 5.74) is 1.32. The van der Waals surface area contributed by atoms with Crippen molar-refractivity contribution in [1.82, 2.24) is 0 Å². The van der Waals surface area contributed by atoms with Gasteiger partial charge in [-0.25, -0.2) is 0 Å². The van der Waals surface area contributed by atoms with Crippen molar-refractivity contribution in [1.29, 1.82) is 0 Å². The number of aryl methyl sites for hydroxylation is 1. The zero-order valence-corrected chi connectivity index (χ0v) is 10.2. The Kier molecular flexibility index (Phi) is 27.3. The van der Waals surface area contributed by atoms with Crippen LogP contribution in [0.4, 0.5) is 0 Å². The van der Waals surface area contributed by atoms with Gasteiger partial charge in [-0.15, -0.1) is 37.2 Å². The number of hydrogen-bond donors (Lipinski definition) is 0. The molecule has 0 atom stereocenters. The topological polar surface area (TPSA) is 0 Å². The third-order valence-corrected chi connectivity index (χ3v) is 0.940. The molecule has 0 heterocycles. The van der Waals surface area contributed by atoms with Crippen LogP contribution in [0.1, 0.15) is 5.56 Å². The summed E-state index contributed by atoms with van der Waals surface area (Å²) >= 11 is 0. The van der Waals surface area contributed by atoms with Crippen LogP contribution < -0.4 is 0 Å². The van der Waals surface area contributed by atoms with Crippen molar-refractivity contribution in [3.05, 3.63) is 35.9 Å². The monoisotopic (exact) mass is 302 g/mol. The molecule has 0 saturated carbocycles. The average Bonchev–Trinajstić information content (AvgIpc) is 1.69. The number of hydrogen-bond acceptors (Lipinski definition) is 0. The predicted octanol–water partition coefficient (Wildman–Crippen LogP) is 3.26. The SMILES string of the molecule is Cc1ccccc1.Cl.Cl.Cl.[Ru]. The third-order valence-electron chi connectivity index (χ3n) is 0.940. The van der Waals surface area contributed by atoms with Crippen molar-refractivity contribution in [3.63, 3.8) is 0 Å². The fourth-order valence-corrected chi connectivity index (χ4v) is 0.534. The molecule has 0 amide bonds. The fraction of sp³-hybridized carbons (Fsp3) is 0.143. The second-order valence-electron chi connectivity index (χ2n) is 1.65. The fourth-order valence-electron chi connectivity index (χ4n) is 0.534. The quantitative estimate of drug-likeness (QED) is 0.645. The van der Waals surface area contributed by atoms with E-state index < -0.39 is 0 Å². The van der Waals surface area contributed by atoms with Crippen molar-refractivity contribution in [3.8, 4) is 0 Å². The first-order valence-corrected chi connectivity index (χ1v) is 2.41. The Bertz CT molecular complexity index is 144. The van der Waals surface area contributed by atoms with E-state index in [4.69, 9.17) is 0 Å². The predicted molar refractivity (Wildman–Crippen MR) is 52.9 cm³/mol. The zero-order valence-electron chi connectivity index (χ0n) is 5.97. The Labute approximate surface area is 99.1 Å². The van der Waals surface area contributed by atoms with E-state index >= 15 is 0 Å². The Balaban J connectivity index is -0.0000000612. The van der Waals surface area contributed by atoms with Crippen LogP contribution in [0.25, 0.3) is 0 Å². The smallest absolute Gasteiger partial charge is 0 e. The Morgan fingerprint density at radius 2 is 1.18 bits per heavy atom. The molecule has 0 aliphatic heterocycles. The minimum atomic E-state index is 0. The summed E-state index contributed by atoms with van der Waals surface area (Å²) in [6.45, 7) is 2.08. The molecule has 0 spiro atoms. The van der Waals surface area contributed by atoms with Gasteiger partial charge in [0.15, 0.2) is 0 Å². The average molecular weight is 303 g/mol. The van der Waals surface area contributed by atoms with E-state index in [2.05, 4.69) is 19.1 Å². The Hall–Kier alpha value is 0.713. The van der Waals surface area contributed by atoms with Crippen LogP contribution in [0.15, 0.2) is 30.3 Å². The Morgan fingerprint density at radius 1 is 0.818 bits per heavy atom. The molecular weight excluding hydrogens is 292 g/mol. The van der Waals surface area contributed by atoms with Crippen molar-refractivity contribution < 1.29 is 19.5 Å². The number of rotatable bonds is 0. The van der Waals surface area contributed by atoms with Crippen LogP contribution in [-0.2, 0) is 19.5 Å². The largest absolute Gasteiger partial charge is 0.147 e. The number of benzene rings is 1. The van der Waals surface area contributed by atoms with Gasteiger partial charge in [-0.2, -0.15) is 0 Å². The standard InChI is InChI=1S/C7H8.3ClH.Ru/c1-7-5-3-2-4-6-7;;;;/h2-6H,1H3;3*1H;. The van der Waals surface area contributed by atoms with Gasteiger partial charge in [0.2, 0.25) is 0 Å². The summed E-state index contributed by atoms with van der Waals surface area (Å²) in [5.74, 6) is 0. The summed E-state index contributed by atoms with van der Waals surface area (Å²) in [6, 6.07) is 10.3. The van der Waals surface area contributed by atoms with Gasteiger partial charge in [0, 0.05) is 19.5 Å². The van der Waals surface area contributed by atoms with Gasteiger partial charge < -0.3 is 0 Å². The van der Waals surface area contributed by atoms with Gasteiger partial charge >= 0.3 is 0 Å². The summed E-state index contributed by atoms with van der Waals surface area (Å²) in [5, 5.41) is 0. The van der Waals surface area contributed by atoms with Crippen molar-refractivity contribution in [2.24, 2.45) is 0 Å². The van der Waals surface area contributed by atoms with E-state index in [1.54, 1.807) is 0 Å². The summed E-state index contributed by atoms with van der Waals surface area (Å²) in [6.07, 6.45) is 0. The maximum absolute atomic E-state index is 2.08.